The molecule has 0 unspecified atom stereocenters. The molecule has 1 aliphatic heterocycles. The van der Waals surface area contributed by atoms with Gasteiger partial charge in [0.25, 0.3) is 10.0 Å². The fraction of sp³-hybridized carbons (Fsp3) is 0.400. The van der Waals surface area contributed by atoms with Crippen LogP contribution in [0.15, 0.2) is 59.0 Å². The summed E-state index contributed by atoms with van der Waals surface area (Å²) < 4.78 is 34.2. The maximum atomic E-state index is 13.7. The first-order valence-electron chi connectivity index (χ1n) is 10.9. The number of sulfonamides is 1. The summed E-state index contributed by atoms with van der Waals surface area (Å²) in [6.07, 6.45) is 2.34. The van der Waals surface area contributed by atoms with Gasteiger partial charge in [0, 0.05) is 18.4 Å². The minimum absolute atomic E-state index is 0.166. The van der Waals surface area contributed by atoms with Crippen LogP contribution in [0.5, 0.6) is 0 Å². The zero-order valence-corrected chi connectivity index (χ0v) is 19.4. The van der Waals surface area contributed by atoms with Crippen LogP contribution < -0.4 is 4.31 Å². The Kier molecular flexibility index (Phi) is 6.14. The van der Waals surface area contributed by atoms with E-state index in [0.717, 1.165) is 22.3 Å². The molecule has 0 spiro atoms. The molecule has 1 aliphatic carbocycles. The van der Waals surface area contributed by atoms with Gasteiger partial charge in [0.05, 0.1) is 29.7 Å². The normalized spacial score (nSPS) is 22.6. The maximum absolute atomic E-state index is 13.7. The van der Waals surface area contributed by atoms with Crippen LogP contribution in [0.4, 0.5) is 5.69 Å². The predicted molar refractivity (Wildman–Crippen MR) is 123 cm³/mol. The van der Waals surface area contributed by atoms with Crippen LogP contribution in [-0.2, 0) is 19.6 Å². The number of ether oxygens (including phenoxy) is 1. The summed E-state index contributed by atoms with van der Waals surface area (Å²) in [6, 6.07) is 12.5. The quantitative estimate of drug-likeness (QED) is 0.549. The molecule has 0 saturated heterocycles. The van der Waals surface area contributed by atoms with Crippen molar-refractivity contribution in [1.29, 1.82) is 0 Å². The van der Waals surface area contributed by atoms with Gasteiger partial charge in [0.1, 0.15) is 0 Å². The number of carbonyl (C=O) groups excluding carboxylic acids is 1. The zero-order chi connectivity index (χ0) is 23.0. The van der Waals surface area contributed by atoms with Crippen LogP contribution in [0.1, 0.15) is 36.0 Å². The van der Waals surface area contributed by atoms with Gasteiger partial charge in [-0.15, -0.1) is 0 Å². The van der Waals surface area contributed by atoms with Gasteiger partial charge in [-0.05, 0) is 62.1 Å². The van der Waals surface area contributed by atoms with E-state index in [1.807, 2.05) is 38.1 Å². The minimum atomic E-state index is -3.83. The third-order valence-electron chi connectivity index (χ3n) is 6.53. The van der Waals surface area contributed by atoms with Crippen LogP contribution >= 0.6 is 0 Å². The lowest BCUT2D eigenvalue weighted by atomic mass is 9.66. The summed E-state index contributed by atoms with van der Waals surface area (Å²) in [4.78, 5) is 13.0. The summed E-state index contributed by atoms with van der Waals surface area (Å²) in [6.45, 7) is 5.90. The molecule has 170 valence electrons. The molecular formula is C25H29NO5S. The van der Waals surface area contributed by atoms with Crippen molar-refractivity contribution in [2.75, 3.05) is 24.1 Å². The van der Waals surface area contributed by atoms with Crippen LogP contribution in [-0.4, -0.2) is 39.3 Å². The Balaban J connectivity index is 1.87. The molecule has 1 N–H and O–H groups in total. The lowest BCUT2D eigenvalue weighted by Crippen LogP contribution is -2.47. The molecule has 2 aromatic rings. The van der Waals surface area contributed by atoms with Gasteiger partial charge in [0.2, 0.25) is 0 Å². The molecule has 0 radical (unpaired) electrons. The van der Waals surface area contributed by atoms with Gasteiger partial charge in [-0.1, -0.05) is 35.9 Å². The van der Waals surface area contributed by atoms with E-state index in [9.17, 15) is 18.3 Å². The van der Waals surface area contributed by atoms with E-state index >= 15 is 0 Å². The fourth-order valence-electron chi connectivity index (χ4n) is 4.92. The highest BCUT2D eigenvalue weighted by Gasteiger charge is 2.47. The minimum Gasteiger partial charge on any atom is -0.466 e. The number of nitrogens with zero attached hydrogens (tertiary/aromatic N) is 1. The average molecular weight is 456 g/mol. The average Bonchev–Trinajstić information content (AvgIpc) is 2.77. The van der Waals surface area contributed by atoms with Gasteiger partial charge in [-0.2, -0.15) is 0 Å². The standard InChI is InChI=1S/C25H29NO5S/c1-4-31-25(28)21-12-8-18(15-27)22-14-26(23-13-17(3)7-11-20(23)24(21)22)32(29,30)19-9-5-16(2)6-10-19/h5-11,13,21-22,24,27H,4,12,14-15H2,1-3H3/t21-,22+,24+/m0/s1. The number of rotatable bonds is 5. The number of aliphatic hydroxyl groups excluding tert-OH is 1. The number of hydrogen-bond acceptors (Lipinski definition) is 5. The molecule has 2 aromatic carbocycles. The summed E-state index contributed by atoms with van der Waals surface area (Å²) in [7, 11) is -3.83. The van der Waals surface area contributed by atoms with Gasteiger partial charge in [0.15, 0.2) is 0 Å². The lowest BCUT2D eigenvalue weighted by molar-refractivity contribution is -0.149. The van der Waals surface area contributed by atoms with Crippen LogP contribution in [0, 0.1) is 25.7 Å². The molecular weight excluding hydrogens is 426 g/mol. The Bertz CT molecular complexity index is 1150. The Morgan fingerprint density at radius 3 is 2.47 bits per heavy atom. The van der Waals surface area contributed by atoms with E-state index < -0.39 is 15.9 Å². The van der Waals surface area contributed by atoms with Crippen molar-refractivity contribution in [3.05, 3.63) is 70.8 Å². The van der Waals surface area contributed by atoms with E-state index in [4.69, 9.17) is 4.74 Å². The van der Waals surface area contributed by atoms with Crippen molar-refractivity contribution in [1.82, 2.24) is 0 Å². The highest BCUT2D eigenvalue weighted by Crippen LogP contribution is 2.50. The van der Waals surface area contributed by atoms with Crippen LogP contribution in [0.2, 0.25) is 0 Å². The van der Waals surface area contributed by atoms with Gasteiger partial charge in [-0.25, -0.2) is 8.42 Å². The second-order valence-electron chi connectivity index (χ2n) is 8.58. The van der Waals surface area contributed by atoms with Crippen molar-refractivity contribution in [2.45, 2.75) is 38.0 Å². The molecule has 1 heterocycles. The number of hydrogen-bond donors (Lipinski definition) is 1. The number of allylic oxidation sites excluding steroid dienone is 1. The largest absolute Gasteiger partial charge is 0.466 e. The number of aliphatic hydroxyl groups is 1. The van der Waals surface area contributed by atoms with E-state index in [1.54, 1.807) is 31.2 Å². The highest BCUT2D eigenvalue weighted by atomic mass is 32.2. The number of esters is 1. The SMILES string of the molecule is CCOC(=O)[C@H]1CC=C(CO)[C@H]2CN(S(=O)(=O)c3ccc(C)cc3)c3cc(C)ccc3[C@H]12. The van der Waals surface area contributed by atoms with E-state index in [2.05, 4.69) is 0 Å². The number of carbonyl (C=O) groups is 1. The Hall–Kier alpha value is -2.64. The summed E-state index contributed by atoms with van der Waals surface area (Å²) >= 11 is 0. The first-order chi connectivity index (χ1) is 15.3. The first kappa shape index (κ1) is 22.6. The van der Waals surface area contributed by atoms with E-state index in [0.29, 0.717) is 12.1 Å². The molecule has 0 bridgehead atoms. The molecule has 0 fully saturated rings. The van der Waals surface area contributed by atoms with Crippen molar-refractivity contribution in [3.8, 4) is 0 Å². The zero-order valence-electron chi connectivity index (χ0n) is 18.6. The van der Waals surface area contributed by atoms with Crippen molar-refractivity contribution in [3.63, 3.8) is 0 Å². The maximum Gasteiger partial charge on any atom is 0.309 e. The van der Waals surface area contributed by atoms with Gasteiger partial charge in [-0.3, -0.25) is 9.10 Å². The number of anilines is 1. The van der Waals surface area contributed by atoms with Crippen molar-refractivity contribution in [2.24, 2.45) is 11.8 Å². The molecule has 2 aliphatic rings. The second-order valence-corrected chi connectivity index (χ2v) is 10.4. The van der Waals surface area contributed by atoms with E-state index in [-0.39, 0.29) is 42.5 Å². The molecule has 3 atom stereocenters. The number of aryl methyl sites for hydroxylation is 2. The fourth-order valence-corrected chi connectivity index (χ4v) is 6.43. The summed E-state index contributed by atoms with van der Waals surface area (Å²) in [5.41, 5.74) is 4.09. The van der Waals surface area contributed by atoms with Crippen LogP contribution in [0.25, 0.3) is 0 Å². The first-order valence-corrected chi connectivity index (χ1v) is 12.4. The number of benzene rings is 2. The predicted octanol–water partition coefficient (Wildman–Crippen LogP) is 3.71. The highest BCUT2D eigenvalue weighted by molar-refractivity contribution is 7.92. The number of fused-ring (bicyclic) bond motifs is 3. The molecule has 4 rings (SSSR count). The second kappa shape index (κ2) is 8.71. The topological polar surface area (TPSA) is 83.9 Å². The monoisotopic (exact) mass is 455 g/mol. The third kappa shape index (κ3) is 3.84. The van der Waals surface area contributed by atoms with Crippen LogP contribution in [0.3, 0.4) is 0 Å². The van der Waals surface area contributed by atoms with Gasteiger partial charge >= 0.3 is 5.97 Å². The third-order valence-corrected chi connectivity index (χ3v) is 8.33. The van der Waals surface area contributed by atoms with Gasteiger partial charge < -0.3 is 9.84 Å². The smallest absolute Gasteiger partial charge is 0.309 e. The van der Waals surface area contributed by atoms with Crippen molar-refractivity contribution >= 4 is 21.7 Å². The van der Waals surface area contributed by atoms with E-state index in [1.165, 1.54) is 4.31 Å². The Morgan fingerprint density at radius 2 is 1.81 bits per heavy atom. The molecule has 0 aromatic heterocycles. The lowest BCUT2D eigenvalue weighted by Gasteiger charge is -2.45. The molecule has 7 heteroatoms. The summed E-state index contributed by atoms with van der Waals surface area (Å²) in [5.74, 6) is -1.25. The molecule has 6 nitrogen and oxygen atoms in total. The Morgan fingerprint density at radius 1 is 1.12 bits per heavy atom. The van der Waals surface area contributed by atoms with Crippen molar-refractivity contribution < 1.29 is 23.1 Å². The Labute approximate surface area is 189 Å². The molecule has 0 amide bonds. The summed E-state index contributed by atoms with van der Waals surface area (Å²) in [5, 5.41) is 10.0. The molecule has 0 saturated carbocycles. The molecule has 32 heavy (non-hydrogen) atoms.